The minimum Gasteiger partial charge on any atom is -0.332 e. The maximum Gasteiger partial charge on any atom is 0.261 e. The van der Waals surface area contributed by atoms with Gasteiger partial charge in [-0.1, -0.05) is 12.8 Å². The van der Waals surface area contributed by atoms with E-state index in [0.29, 0.717) is 17.8 Å². The fourth-order valence-corrected chi connectivity index (χ4v) is 5.02. The van der Waals surface area contributed by atoms with Crippen molar-refractivity contribution in [3.8, 4) is 0 Å². The number of hydrogen-bond acceptors (Lipinski definition) is 4. The molecule has 0 aliphatic carbocycles. The van der Waals surface area contributed by atoms with Crippen LogP contribution in [0.15, 0.2) is 78.0 Å². The molecule has 32 heavy (non-hydrogen) atoms. The number of amides is 1. The number of aromatic nitrogens is 1. The molecule has 1 aliphatic rings. The topological polar surface area (TPSA) is 79.4 Å². The molecule has 1 saturated heterocycles. The minimum atomic E-state index is -3.85. The van der Waals surface area contributed by atoms with Gasteiger partial charge in [-0.2, -0.15) is 0 Å². The van der Waals surface area contributed by atoms with E-state index in [-0.39, 0.29) is 16.8 Å². The molecular formula is C24H24FN3O3S. The lowest BCUT2D eigenvalue weighted by Crippen LogP contribution is -2.34. The molecule has 0 saturated carbocycles. The molecule has 166 valence electrons. The van der Waals surface area contributed by atoms with Crippen molar-refractivity contribution in [1.82, 2.24) is 9.88 Å². The molecular weight excluding hydrogens is 429 g/mol. The van der Waals surface area contributed by atoms with Crippen LogP contribution in [-0.2, 0) is 10.0 Å². The van der Waals surface area contributed by atoms with Crippen molar-refractivity contribution in [2.24, 2.45) is 0 Å². The molecule has 2 heterocycles. The van der Waals surface area contributed by atoms with Crippen LogP contribution in [-0.4, -0.2) is 30.8 Å². The van der Waals surface area contributed by atoms with E-state index in [9.17, 15) is 17.6 Å². The fourth-order valence-electron chi connectivity index (χ4n) is 3.96. The largest absolute Gasteiger partial charge is 0.332 e. The first-order chi connectivity index (χ1) is 15.4. The van der Waals surface area contributed by atoms with Crippen LogP contribution in [0.25, 0.3) is 0 Å². The minimum absolute atomic E-state index is 0.00958. The van der Waals surface area contributed by atoms with Gasteiger partial charge < -0.3 is 4.90 Å². The average molecular weight is 454 g/mol. The van der Waals surface area contributed by atoms with Crippen LogP contribution in [0.1, 0.15) is 47.6 Å². The lowest BCUT2D eigenvalue weighted by atomic mass is 10.0. The number of likely N-dealkylation sites (tertiary alicyclic amines) is 1. The van der Waals surface area contributed by atoms with Crippen LogP contribution in [0.2, 0.25) is 0 Å². The van der Waals surface area contributed by atoms with Gasteiger partial charge in [0.25, 0.3) is 15.9 Å². The summed E-state index contributed by atoms with van der Waals surface area (Å²) in [6.45, 7) is 0.671. The van der Waals surface area contributed by atoms with E-state index in [1.807, 2.05) is 17.0 Å². The zero-order valence-electron chi connectivity index (χ0n) is 17.4. The van der Waals surface area contributed by atoms with E-state index < -0.39 is 15.8 Å². The maximum atomic E-state index is 13.3. The smallest absolute Gasteiger partial charge is 0.261 e. The molecule has 0 bridgehead atoms. The maximum absolute atomic E-state index is 13.3. The van der Waals surface area contributed by atoms with E-state index >= 15 is 0 Å². The van der Waals surface area contributed by atoms with Crippen molar-refractivity contribution < 1.29 is 17.6 Å². The lowest BCUT2D eigenvalue weighted by Gasteiger charge is -2.30. The van der Waals surface area contributed by atoms with Crippen molar-refractivity contribution in [1.29, 1.82) is 0 Å². The second-order valence-corrected chi connectivity index (χ2v) is 9.46. The summed E-state index contributed by atoms with van der Waals surface area (Å²) < 4.78 is 40.6. The Morgan fingerprint density at radius 2 is 1.62 bits per heavy atom. The summed E-state index contributed by atoms with van der Waals surface area (Å²) in [4.78, 5) is 19.3. The van der Waals surface area contributed by atoms with Crippen LogP contribution in [0.3, 0.4) is 0 Å². The first-order valence-electron chi connectivity index (χ1n) is 10.5. The number of halogens is 1. The van der Waals surface area contributed by atoms with Crippen LogP contribution in [0, 0.1) is 5.82 Å². The third-order valence-electron chi connectivity index (χ3n) is 5.61. The number of rotatable bonds is 5. The Kier molecular flexibility index (Phi) is 6.50. The summed E-state index contributed by atoms with van der Waals surface area (Å²) in [5, 5.41) is 0. The highest BCUT2D eigenvalue weighted by Crippen LogP contribution is 2.31. The summed E-state index contributed by atoms with van der Waals surface area (Å²) >= 11 is 0. The number of hydrogen-bond donors (Lipinski definition) is 1. The van der Waals surface area contributed by atoms with Gasteiger partial charge in [0.2, 0.25) is 0 Å². The monoisotopic (exact) mass is 453 g/mol. The van der Waals surface area contributed by atoms with Crippen LogP contribution in [0.5, 0.6) is 0 Å². The molecule has 1 fully saturated rings. The highest BCUT2D eigenvalue weighted by Gasteiger charge is 2.27. The molecule has 4 rings (SSSR count). The summed E-state index contributed by atoms with van der Waals surface area (Å²) in [7, 11) is -3.85. The molecule has 6 nitrogen and oxygen atoms in total. The Morgan fingerprint density at radius 3 is 2.31 bits per heavy atom. The third kappa shape index (κ3) is 4.96. The molecule has 0 spiro atoms. The number of benzene rings is 2. The molecule has 1 N–H and O–H groups in total. The molecule has 2 aromatic carbocycles. The Hall–Kier alpha value is -3.26. The van der Waals surface area contributed by atoms with Crippen molar-refractivity contribution in [3.63, 3.8) is 0 Å². The highest BCUT2D eigenvalue weighted by molar-refractivity contribution is 7.92. The average Bonchev–Trinajstić information content (AvgIpc) is 3.06. The van der Waals surface area contributed by atoms with Gasteiger partial charge in [0.05, 0.1) is 10.9 Å². The molecule has 1 atom stereocenters. The SMILES string of the molecule is O=C(c1ccc(NS(=O)(=O)c2ccc(F)cc2)cc1)N1CCCCCC1c1ccncc1. The predicted molar refractivity (Wildman–Crippen MR) is 120 cm³/mol. The quantitative estimate of drug-likeness (QED) is 0.603. The predicted octanol–water partition coefficient (Wildman–Crippen LogP) is 4.78. The van der Waals surface area contributed by atoms with E-state index in [0.717, 1.165) is 43.4 Å². The molecule has 1 aromatic heterocycles. The van der Waals surface area contributed by atoms with Gasteiger partial charge in [-0.05, 0) is 79.1 Å². The summed E-state index contributed by atoms with van der Waals surface area (Å²) in [5.41, 5.74) is 1.89. The Balaban J connectivity index is 1.52. The number of pyridine rings is 1. The first kappa shape index (κ1) is 22.0. The number of sulfonamides is 1. The number of nitrogens with one attached hydrogen (secondary N) is 1. The lowest BCUT2D eigenvalue weighted by molar-refractivity contribution is 0.0681. The van der Waals surface area contributed by atoms with Crippen LogP contribution in [0.4, 0.5) is 10.1 Å². The van der Waals surface area contributed by atoms with Crippen molar-refractivity contribution in [2.75, 3.05) is 11.3 Å². The number of nitrogens with zero attached hydrogens (tertiary/aromatic N) is 2. The van der Waals surface area contributed by atoms with Gasteiger partial charge in [-0.25, -0.2) is 12.8 Å². The summed E-state index contributed by atoms with van der Waals surface area (Å²) in [6, 6.07) is 14.9. The molecule has 1 aliphatic heterocycles. The number of carbonyl (C=O) groups excluding carboxylic acids is 1. The van der Waals surface area contributed by atoms with E-state index in [1.165, 1.54) is 12.1 Å². The number of anilines is 1. The van der Waals surface area contributed by atoms with Gasteiger partial charge in [0, 0.05) is 30.2 Å². The van der Waals surface area contributed by atoms with E-state index in [1.54, 1.807) is 36.7 Å². The molecule has 0 radical (unpaired) electrons. The highest BCUT2D eigenvalue weighted by atomic mass is 32.2. The first-order valence-corrected chi connectivity index (χ1v) is 12.0. The zero-order chi connectivity index (χ0) is 22.6. The van der Waals surface area contributed by atoms with E-state index in [4.69, 9.17) is 0 Å². The second kappa shape index (κ2) is 9.48. The van der Waals surface area contributed by atoms with Crippen LogP contribution >= 0.6 is 0 Å². The zero-order valence-corrected chi connectivity index (χ0v) is 18.3. The Bertz CT molecular complexity index is 1170. The van der Waals surface area contributed by atoms with E-state index in [2.05, 4.69) is 9.71 Å². The molecule has 1 unspecified atom stereocenters. The van der Waals surface area contributed by atoms with Gasteiger partial charge in [0.15, 0.2) is 0 Å². The van der Waals surface area contributed by atoms with Gasteiger partial charge >= 0.3 is 0 Å². The third-order valence-corrected chi connectivity index (χ3v) is 7.01. The molecule has 3 aromatic rings. The second-order valence-electron chi connectivity index (χ2n) is 7.78. The van der Waals surface area contributed by atoms with Gasteiger partial charge in [0.1, 0.15) is 5.82 Å². The summed E-state index contributed by atoms with van der Waals surface area (Å²) in [6.07, 6.45) is 7.46. The van der Waals surface area contributed by atoms with Crippen molar-refractivity contribution in [2.45, 2.75) is 36.6 Å². The fraction of sp³-hybridized carbons (Fsp3) is 0.250. The Morgan fingerprint density at radius 1 is 0.938 bits per heavy atom. The Labute approximate surface area is 187 Å². The molecule has 1 amide bonds. The van der Waals surface area contributed by atoms with Gasteiger partial charge in [-0.3, -0.25) is 14.5 Å². The van der Waals surface area contributed by atoms with Gasteiger partial charge in [-0.15, -0.1) is 0 Å². The van der Waals surface area contributed by atoms with Crippen molar-refractivity contribution >= 4 is 21.6 Å². The van der Waals surface area contributed by atoms with Crippen molar-refractivity contribution in [3.05, 3.63) is 90.0 Å². The summed E-state index contributed by atoms with van der Waals surface area (Å²) in [5.74, 6) is -0.591. The van der Waals surface area contributed by atoms with Crippen LogP contribution < -0.4 is 4.72 Å². The molecule has 8 heteroatoms. The standard InChI is InChI=1S/C24H24FN3O3S/c25-20-7-11-22(12-8-20)32(30,31)27-21-9-5-19(6-10-21)24(29)28-17-3-1-2-4-23(28)18-13-15-26-16-14-18/h5-16,23,27H,1-4,17H2. The number of carbonyl (C=O) groups is 1. The normalized spacial score (nSPS) is 16.9.